The number of nitrogens with zero attached hydrogens (tertiary/aromatic N) is 2. The molecule has 2 heterocycles. The van der Waals surface area contributed by atoms with Gasteiger partial charge in [-0.15, -0.1) is 0 Å². The number of unbranched alkanes of at least 4 members (excludes halogenated alkanes) is 1. The fourth-order valence-electron chi connectivity index (χ4n) is 4.43. The van der Waals surface area contributed by atoms with Gasteiger partial charge in [0.1, 0.15) is 5.65 Å². The van der Waals surface area contributed by atoms with Gasteiger partial charge in [-0.2, -0.15) is 0 Å². The second-order valence-corrected chi connectivity index (χ2v) is 9.16. The van der Waals surface area contributed by atoms with Crippen molar-refractivity contribution in [2.75, 3.05) is 6.54 Å². The zero-order valence-corrected chi connectivity index (χ0v) is 21.5. The Morgan fingerprint density at radius 2 is 1.78 bits per heavy atom. The molecule has 4 aromatic rings. The van der Waals surface area contributed by atoms with Gasteiger partial charge in [0.25, 0.3) is 0 Å². The number of benzene rings is 2. The maximum atomic E-state index is 12.8. The lowest BCUT2D eigenvalue weighted by Crippen LogP contribution is -2.28. The third kappa shape index (κ3) is 5.82. The number of carboxylic acid groups (broad SMARTS) is 1. The van der Waals surface area contributed by atoms with Gasteiger partial charge in [-0.1, -0.05) is 75.2 Å². The molecular weight excluding hydrogens is 466 g/mol. The van der Waals surface area contributed by atoms with E-state index in [1.54, 1.807) is 18.2 Å². The van der Waals surface area contributed by atoms with Crippen LogP contribution in [0, 0.1) is 6.92 Å². The third-order valence-electron chi connectivity index (χ3n) is 6.37. The van der Waals surface area contributed by atoms with Gasteiger partial charge < -0.3 is 15.2 Å². The van der Waals surface area contributed by atoms with Crippen molar-refractivity contribution in [2.45, 2.75) is 52.6 Å². The average molecular weight is 500 g/mol. The van der Waals surface area contributed by atoms with E-state index in [2.05, 4.69) is 19.2 Å². The second kappa shape index (κ2) is 11.7. The molecule has 1 atom stereocenters. The fraction of sp³-hybridized carbons (Fsp3) is 0.300. The number of carbonyl (C=O) groups excluding carboxylic acids is 1. The zero-order valence-electron chi connectivity index (χ0n) is 21.5. The van der Waals surface area contributed by atoms with Gasteiger partial charge in [0.2, 0.25) is 0 Å². The number of carboxylic acids is 1. The molecular formula is C30H33N3O4. The number of imidazole rings is 1. The number of aromatic carboxylic acids is 1. The highest BCUT2D eigenvalue weighted by atomic mass is 16.6. The van der Waals surface area contributed by atoms with Crippen molar-refractivity contribution < 1.29 is 19.4 Å². The van der Waals surface area contributed by atoms with E-state index in [0.717, 1.165) is 59.4 Å². The van der Waals surface area contributed by atoms with Crippen LogP contribution in [0.2, 0.25) is 0 Å². The van der Waals surface area contributed by atoms with Gasteiger partial charge in [-0.25, -0.2) is 14.6 Å². The molecule has 0 bridgehead atoms. The van der Waals surface area contributed by atoms with Crippen molar-refractivity contribution >= 4 is 17.7 Å². The highest BCUT2D eigenvalue weighted by Gasteiger charge is 2.23. The summed E-state index contributed by atoms with van der Waals surface area (Å²) in [5.74, 6) is -0.977. The SMILES string of the molecule is CCCCNC(=O)OC(c1ccc(-c2ccccc2C(=O)O)cc1)c1ccc(C)c2nc(CCC)cn12. The maximum Gasteiger partial charge on any atom is 0.408 e. The highest BCUT2D eigenvalue weighted by Crippen LogP contribution is 2.31. The summed E-state index contributed by atoms with van der Waals surface area (Å²) >= 11 is 0. The Morgan fingerprint density at radius 3 is 2.49 bits per heavy atom. The van der Waals surface area contributed by atoms with Crippen LogP contribution in [0.1, 0.15) is 72.1 Å². The van der Waals surface area contributed by atoms with Crippen LogP contribution in [0.5, 0.6) is 0 Å². The van der Waals surface area contributed by atoms with Crippen LogP contribution in [0.25, 0.3) is 16.8 Å². The molecule has 0 radical (unpaired) electrons. The molecule has 0 aliphatic rings. The number of aromatic nitrogens is 2. The zero-order chi connectivity index (χ0) is 26.4. The minimum Gasteiger partial charge on any atom is -0.478 e. The van der Waals surface area contributed by atoms with E-state index < -0.39 is 18.2 Å². The molecule has 1 unspecified atom stereocenters. The molecule has 7 heteroatoms. The third-order valence-corrected chi connectivity index (χ3v) is 6.37. The summed E-state index contributed by atoms with van der Waals surface area (Å²) in [6.45, 7) is 6.75. The number of ether oxygens (including phenoxy) is 1. The van der Waals surface area contributed by atoms with Gasteiger partial charge in [0, 0.05) is 12.7 Å². The topological polar surface area (TPSA) is 92.9 Å². The molecule has 192 valence electrons. The molecule has 0 aliphatic heterocycles. The Kier molecular flexibility index (Phi) is 8.23. The lowest BCUT2D eigenvalue weighted by molar-refractivity contribution is 0.0697. The van der Waals surface area contributed by atoms with Crippen LogP contribution >= 0.6 is 0 Å². The molecule has 0 fully saturated rings. The molecule has 0 saturated heterocycles. The first-order valence-corrected chi connectivity index (χ1v) is 12.8. The molecule has 2 aromatic carbocycles. The first-order valence-electron chi connectivity index (χ1n) is 12.8. The van der Waals surface area contributed by atoms with Gasteiger partial charge in [0.05, 0.1) is 17.0 Å². The Balaban J connectivity index is 1.76. The summed E-state index contributed by atoms with van der Waals surface area (Å²) in [5, 5.41) is 12.4. The summed E-state index contributed by atoms with van der Waals surface area (Å²) in [6, 6.07) is 18.4. The Labute approximate surface area is 217 Å². The van der Waals surface area contributed by atoms with Crippen LogP contribution in [-0.4, -0.2) is 33.1 Å². The minimum atomic E-state index is -0.977. The van der Waals surface area contributed by atoms with Crippen LogP contribution in [0.15, 0.2) is 66.9 Å². The predicted octanol–water partition coefficient (Wildman–Crippen LogP) is 6.58. The molecule has 37 heavy (non-hydrogen) atoms. The minimum absolute atomic E-state index is 0.237. The fourth-order valence-corrected chi connectivity index (χ4v) is 4.43. The number of amides is 1. The Morgan fingerprint density at radius 1 is 1.03 bits per heavy atom. The van der Waals surface area contributed by atoms with E-state index in [-0.39, 0.29) is 5.56 Å². The molecule has 1 amide bonds. The standard InChI is InChI=1S/C30H33N3O4/c1-4-6-18-31-30(36)37-27(26-17-12-20(3)28-32-23(9-5-2)19-33(26)28)22-15-13-21(14-16-22)24-10-7-8-11-25(24)29(34)35/h7-8,10-17,19,27H,4-6,9,18H2,1-3H3,(H,31,36)(H,34,35). The number of carbonyl (C=O) groups is 2. The number of alkyl carbamates (subject to hydrolysis) is 1. The first kappa shape index (κ1) is 25.9. The first-order chi connectivity index (χ1) is 17.9. The summed E-state index contributed by atoms with van der Waals surface area (Å²) in [5.41, 5.74) is 6.08. The largest absolute Gasteiger partial charge is 0.478 e. The van der Waals surface area contributed by atoms with Crippen molar-refractivity contribution in [3.8, 4) is 11.1 Å². The monoisotopic (exact) mass is 499 g/mol. The summed E-state index contributed by atoms with van der Waals surface area (Å²) < 4.78 is 8.01. The molecule has 2 aromatic heterocycles. The van der Waals surface area contributed by atoms with Crippen molar-refractivity contribution in [1.29, 1.82) is 0 Å². The molecule has 4 rings (SSSR count). The summed E-state index contributed by atoms with van der Waals surface area (Å²) in [7, 11) is 0. The van der Waals surface area contributed by atoms with Crippen LogP contribution in [-0.2, 0) is 11.2 Å². The average Bonchev–Trinajstić information content (AvgIpc) is 3.33. The van der Waals surface area contributed by atoms with Crippen molar-refractivity contribution in [2.24, 2.45) is 0 Å². The van der Waals surface area contributed by atoms with Crippen molar-refractivity contribution in [3.63, 3.8) is 0 Å². The van der Waals surface area contributed by atoms with Crippen LogP contribution < -0.4 is 5.32 Å². The van der Waals surface area contributed by atoms with Crippen LogP contribution in [0.4, 0.5) is 4.79 Å². The number of aryl methyl sites for hydroxylation is 2. The Hall–Kier alpha value is -4.13. The number of fused-ring (bicyclic) bond motifs is 1. The molecule has 0 saturated carbocycles. The number of hydrogen-bond acceptors (Lipinski definition) is 4. The van der Waals surface area contributed by atoms with Crippen molar-refractivity contribution in [3.05, 3.63) is 94.9 Å². The number of rotatable bonds is 10. The van der Waals surface area contributed by atoms with E-state index in [1.807, 2.05) is 60.0 Å². The van der Waals surface area contributed by atoms with Crippen LogP contribution in [0.3, 0.4) is 0 Å². The number of hydrogen-bond donors (Lipinski definition) is 2. The summed E-state index contributed by atoms with van der Waals surface area (Å²) in [4.78, 5) is 29.3. The number of pyridine rings is 1. The van der Waals surface area contributed by atoms with Crippen molar-refractivity contribution in [1.82, 2.24) is 14.7 Å². The van der Waals surface area contributed by atoms with E-state index in [9.17, 15) is 14.7 Å². The summed E-state index contributed by atoms with van der Waals surface area (Å²) in [6.07, 6.45) is 4.53. The lowest BCUT2D eigenvalue weighted by Gasteiger charge is -2.21. The quantitative estimate of drug-likeness (QED) is 0.241. The normalized spacial score (nSPS) is 11.9. The predicted molar refractivity (Wildman–Crippen MR) is 144 cm³/mol. The molecule has 0 spiro atoms. The molecule has 2 N–H and O–H groups in total. The number of nitrogens with one attached hydrogen (secondary N) is 1. The van der Waals surface area contributed by atoms with E-state index in [4.69, 9.17) is 9.72 Å². The molecule has 0 aliphatic carbocycles. The lowest BCUT2D eigenvalue weighted by atomic mass is 9.97. The highest BCUT2D eigenvalue weighted by molar-refractivity contribution is 5.96. The van der Waals surface area contributed by atoms with E-state index >= 15 is 0 Å². The van der Waals surface area contributed by atoms with Gasteiger partial charge in [-0.05, 0) is 54.2 Å². The second-order valence-electron chi connectivity index (χ2n) is 9.16. The van der Waals surface area contributed by atoms with Gasteiger partial charge >= 0.3 is 12.1 Å². The Bertz CT molecular complexity index is 1390. The van der Waals surface area contributed by atoms with E-state index in [1.165, 1.54) is 0 Å². The maximum absolute atomic E-state index is 12.8. The van der Waals surface area contributed by atoms with Gasteiger partial charge in [0.15, 0.2) is 6.10 Å². The molecule has 7 nitrogen and oxygen atoms in total. The van der Waals surface area contributed by atoms with Gasteiger partial charge in [-0.3, -0.25) is 4.40 Å². The van der Waals surface area contributed by atoms with E-state index in [0.29, 0.717) is 12.1 Å². The smallest absolute Gasteiger partial charge is 0.408 e.